The quantitative estimate of drug-likeness (QED) is 0.604. The Kier molecular flexibility index (Phi) is 2.75. The number of aliphatic carboxylic acids is 1. The molecule has 0 aliphatic rings. The van der Waals surface area contributed by atoms with Crippen LogP contribution in [0.3, 0.4) is 0 Å². The van der Waals surface area contributed by atoms with Crippen LogP contribution in [0.2, 0.25) is 0 Å². The van der Waals surface area contributed by atoms with E-state index >= 15 is 0 Å². The van der Waals surface area contributed by atoms with Crippen molar-refractivity contribution in [3.8, 4) is 0 Å². The average molecular weight is 275 g/mol. The lowest BCUT2D eigenvalue weighted by Crippen LogP contribution is -2.17. The number of H-pyrrole nitrogens is 1. The SMILES string of the molecule is O=C(O)Cc1cn(Cc2cc(=O)n3[nH]cnc3n2)nn1. The topological polar surface area (TPSA) is 131 Å². The smallest absolute Gasteiger partial charge is 0.309 e. The molecule has 0 amide bonds. The van der Waals surface area contributed by atoms with Gasteiger partial charge in [0.15, 0.2) is 0 Å². The minimum Gasteiger partial charge on any atom is -0.481 e. The van der Waals surface area contributed by atoms with E-state index in [4.69, 9.17) is 5.11 Å². The zero-order chi connectivity index (χ0) is 14.1. The Hall–Kier alpha value is -3.04. The highest BCUT2D eigenvalue weighted by Crippen LogP contribution is 2.00. The van der Waals surface area contributed by atoms with Crippen molar-refractivity contribution >= 4 is 11.7 Å². The molecule has 0 saturated heterocycles. The van der Waals surface area contributed by atoms with Crippen LogP contribution < -0.4 is 5.56 Å². The Bertz CT molecular complexity index is 831. The largest absolute Gasteiger partial charge is 0.481 e. The fraction of sp³-hybridized carbons (Fsp3) is 0.200. The number of aromatic nitrogens is 7. The Labute approximate surface area is 110 Å². The van der Waals surface area contributed by atoms with E-state index < -0.39 is 5.97 Å². The molecule has 0 aliphatic heterocycles. The molecule has 0 atom stereocenters. The van der Waals surface area contributed by atoms with E-state index in [0.717, 1.165) is 0 Å². The summed E-state index contributed by atoms with van der Waals surface area (Å²) in [6, 6.07) is 1.35. The molecule has 3 rings (SSSR count). The number of hydrogen-bond acceptors (Lipinski definition) is 6. The number of fused-ring (bicyclic) bond motifs is 1. The second kappa shape index (κ2) is 4.57. The van der Waals surface area contributed by atoms with Gasteiger partial charge in [0, 0.05) is 12.3 Å². The van der Waals surface area contributed by atoms with Crippen LogP contribution in [0.1, 0.15) is 11.4 Å². The predicted molar refractivity (Wildman–Crippen MR) is 64.1 cm³/mol. The van der Waals surface area contributed by atoms with E-state index in [-0.39, 0.29) is 24.3 Å². The molecule has 0 unspecified atom stereocenters. The molecule has 3 heterocycles. The molecule has 0 bridgehead atoms. The van der Waals surface area contributed by atoms with E-state index in [9.17, 15) is 9.59 Å². The minimum absolute atomic E-state index is 0.200. The lowest BCUT2D eigenvalue weighted by Gasteiger charge is -1.99. The number of carbonyl (C=O) groups is 1. The van der Waals surface area contributed by atoms with Crippen LogP contribution in [0.25, 0.3) is 5.78 Å². The molecule has 3 aromatic heterocycles. The Morgan fingerprint density at radius 1 is 1.40 bits per heavy atom. The lowest BCUT2D eigenvalue weighted by molar-refractivity contribution is -0.136. The standard InChI is InChI=1S/C10H9N7O3/c18-8-1-6(13-10-11-5-12-17(8)10)3-16-4-7(14-15-16)2-9(19)20/h1,4-5H,2-3H2,(H,19,20)(H,11,12,13). The highest BCUT2D eigenvalue weighted by atomic mass is 16.4. The molecule has 102 valence electrons. The maximum absolute atomic E-state index is 11.7. The number of carboxylic acids is 1. The molecule has 0 spiro atoms. The first-order valence-electron chi connectivity index (χ1n) is 5.65. The summed E-state index contributed by atoms with van der Waals surface area (Å²) in [5.41, 5.74) is 0.525. The zero-order valence-electron chi connectivity index (χ0n) is 10.1. The molecule has 0 saturated carbocycles. The second-order valence-corrected chi connectivity index (χ2v) is 4.09. The fourth-order valence-corrected chi connectivity index (χ4v) is 1.77. The van der Waals surface area contributed by atoms with E-state index in [1.165, 1.54) is 27.8 Å². The van der Waals surface area contributed by atoms with Gasteiger partial charge in [0.05, 0.1) is 24.4 Å². The third-order valence-corrected chi connectivity index (χ3v) is 2.56. The molecule has 10 heteroatoms. The van der Waals surface area contributed by atoms with E-state index in [0.29, 0.717) is 11.4 Å². The molecule has 0 fully saturated rings. The normalized spacial score (nSPS) is 11.0. The van der Waals surface area contributed by atoms with Crippen molar-refractivity contribution in [2.45, 2.75) is 13.0 Å². The van der Waals surface area contributed by atoms with Crippen LogP contribution in [0.15, 0.2) is 23.4 Å². The minimum atomic E-state index is -0.980. The third-order valence-electron chi connectivity index (χ3n) is 2.56. The van der Waals surface area contributed by atoms with Gasteiger partial charge in [0.1, 0.15) is 6.33 Å². The van der Waals surface area contributed by atoms with Crippen molar-refractivity contribution in [2.75, 3.05) is 0 Å². The summed E-state index contributed by atoms with van der Waals surface area (Å²) in [7, 11) is 0. The lowest BCUT2D eigenvalue weighted by atomic mass is 10.3. The van der Waals surface area contributed by atoms with Crippen LogP contribution in [0.5, 0.6) is 0 Å². The van der Waals surface area contributed by atoms with Crippen LogP contribution in [-0.4, -0.2) is 45.7 Å². The summed E-state index contributed by atoms with van der Waals surface area (Å²) >= 11 is 0. The average Bonchev–Trinajstić information content (AvgIpc) is 2.98. The zero-order valence-corrected chi connectivity index (χ0v) is 10.1. The summed E-state index contributed by atoms with van der Waals surface area (Å²) in [4.78, 5) is 30.4. The van der Waals surface area contributed by atoms with Crippen LogP contribution in [0.4, 0.5) is 0 Å². The van der Waals surface area contributed by atoms with Gasteiger partial charge in [-0.25, -0.2) is 14.6 Å². The molecule has 20 heavy (non-hydrogen) atoms. The van der Waals surface area contributed by atoms with Gasteiger partial charge in [0.2, 0.25) is 0 Å². The van der Waals surface area contributed by atoms with E-state index in [1.54, 1.807) is 0 Å². The maximum Gasteiger partial charge on any atom is 0.309 e. The number of carboxylic acid groups (broad SMARTS) is 1. The Balaban J connectivity index is 1.87. The third kappa shape index (κ3) is 2.25. The van der Waals surface area contributed by atoms with Gasteiger partial charge >= 0.3 is 5.97 Å². The van der Waals surface area contributed by atoms with Gasteiger partial charge in [0.25, 0.3) is 11.3 Å². The number of hydrogen-bond donors (Lipinski definition) is 2. The van der Waals surface area contributed by atoms with Crippen molar-refractivity contribution < 1.29 is 9.90 Å². The number of rotatable bonds is 4. The summed E-state index contributed by atoms with van der Waals surface area (Å²) < 4.78 is 2.63. The Morgan fingerprint density at radius 2 is 2.25 bits per heavy atom. The monoisotopic (exact) mass is 275 g/mol. The summed E-state index contributed by atoms with van der Waals surface area (Å²) in [5, 5.41) is 18.8. The first kappa shape index (κ1) is 12.0. The second-order valence-electron chi connectivity index (χ2n) is 4.09. The summed E-state index contributed by atoms with van der Waals surface area (Å²) in [5.74, 6) is -0.718. The highest BCUT2D eigenvalue weighted by molar-refractivity contribution is 5.69. The molecular formula is C10H9N7O3. The highest BCUT2D eigenvalue weighted by Gasteiger charge is 2.08. The summed E-state index contributed by atoms with van der Waals surface area (Å²) in [6.07, 6.45) is 2.67. The molecule has 10 nitrogen and oxygen atoms in total. The van der Waals surface area contributed by atoms with Gasteiger partial charge in [-0.1, -0.05) is 5.21 Å². The van der Waals surface area contributed by atoms with Crippen molar-refractivity contribution in [1.82, 2.24) is 34.6 Å². The summed E-state index contributed by atoms with van der Waals surface area (Å²) in [6.45, 7) is 0.214. The van der Waals surface area contributed by atoms with Crippen LogP contribution in [0, 0.1) is 0 Å². The number of nitrogens with zero attached hydrogens (tertiary/aromatic N) is 6. The molecule has 0 aliphatic carbocycles. The van der Waals surface area contributed by atoms with E-state index in [1.807, 2.05) is 0 Å². The molecule has 3 aromatic rings. The fourth-order valence-electron chi connectivity index (χ4n) is 1.77. The molecule has 2 N–H and O–H groups in total. The van der Waals surface area contributed by atoms with Gasteiger partial charge in [-0.15, -0.1) is 5.10 Å². The van der Waals surface area contributed by atoms with Crippen LogP contribution in [-0.2, 0) is 17.8 Å². The number of aromatic amines is 1. The number of nitrogens with one attached hydrogen (secondary N) is 1. The van der Waals surface area contributed by atoms with Crippen molar-refractivity contribution in [1.29, 1.82) is 0 Å². The first-order valence-corrected chi connectivity index (χ1v) is 5.65. The van der Waals surface area contributed by atoms with Crippen molar-refractivity contribution in [3.05, 3.63) is 40.3 Å². The maximum atomic E-state index is 11.7. The van der Waals surface area contributed by atoms with Crippen LogP contribution >= 0.6 is 0 Å². The Morgan fingerprint density at radius 3 is 3.05 bits per heavy atom. The van der Waals surface area contributed by atoms with Gasteiger partial charge in [-0.3, -0.25) is 14.7 Å². The molecule has 0 radical (unpaired) electrons. The van der Waals surface area contributed by atoms with Gasteiger partial charge < -0.3 is 5.11 Å². The van der Waals surface area contributed by atoms with Gasteiger partial charge in [-0.05, 0) is 0 Å². The first-order chi connectivity index (χ1) is 9.61. The van der Waals surface area contributed by atoms with E-state index in [2.05, 4.69) is 25.4 Å². The van der Waals surface area contributed by atoms with Gasteiger partial charge in [-0.2, -0.15) is 4.52 Å². The van der Waals surface area contributed by atoms with Crippen molar-refractivity contribution in [2.24, 2.45) is 0 Å². The predicted octanol–water partition coefficient (Wildman–Crippen LogP) is -1.32. The van der Waals surface area contributed by atoms with Crippen molar-refractivity contribution in [3.63, 3.8) is 0 Å². The molecular weight excluding hydrogens is 266 g/mol. The molecule has 0 aromatic carbocycles.